The van der Waals surface area contributed by atoms with E-state index in [0.717, 1.165) is 5.69 Å². The molecule has 1 fully saturated rings. The molecule has 5 heteroatoms. The maximum Gasteiger partial charge on any atom is 0.274 e. The summed E-state index contributed by atoms with van der Waals surface area (Å²) in [6.07, 6.45) is 2.37. The first-order valence-electron chi connectivity index (χ1n) is 5.55. The van der Waals surface area contributed by atoms with E-state index < -0.39 is 0 Å². The molecule has 0 spiro atoms. The number of amides is 1. The number of hydrogen-bond donors (Lipinski definition) is 3. The Balaban J connectivity index is 2.11. The van der Waals surface area contributed by atoms with E-state index in [2.05, 4.69) is 15.5 Å². The summed E-state index contributed by atoms with van der Waals surface area (Å²) in [6.45, 7) is 5.88. The van der Waals surface area contributed by atoms with Crippen LogP contribution < -0.4 is 11.1 Å². The zero-order valence-electron chi connectivity index (χ0n) is 9.92. The van der Waals surface area contributed by atoms with E-state index in [1.807, 2.05) is 13.8 Å². The molecule has 0 atom stereocenters. The second kappa shape index (κ2) is 3.50. The van der Waals surface area contributed by atoms with Crippen molar-refractivity contribution in [2.45, 2.75) is 39.2 Å². The summed E-state index contributed by atoms with van der Waals surface area (Å²) < 4.78 is 0. The second-order valence-corrected chi connectivity index (χ2v) is 5.06. The molecule has 1 amide bonds. The molecule has 0 unspecified atom stereocenters. The molecule has 0 radical (unpaired) electrons. The summed E-state index contributed by atoms with van der Waals surface area (Å²) in [4.78, 5) is 12.0. The van der Waals surface area contributed by atoms with Crippen molar-refractivity contribution >= 4 is 11.6 Å². The van der Waals surface area contributed by atoms with Gasteiger partial charge in [-0.15, -0.1) is 0 Å². The van der Waals surface area contributed by atoms with Gasteiger partial charge in [0, 0.05) is 5.54 Å². The SMILES string of the molecule is Cc1[nH]nc(C(=O)NC(C)(C)C2CC2)c1N. The molecule has 1 heterocycles. The molecule has 1 aromatic heterocycles. The Kier molecular flexibility index (Phi) is 2.40. The van der Waals surface area contributed by atoms with Gasteiger partial charge in [-0.2, -0.15) is 5.10 Å². The third kappa shape index (κ3) is 1.89. The zero-order chi connectivity index (χ0) is 11.9. The summed E-state index contributed by atoms with van der Waals surface area (Å²) in [5.41, 5.74) is 7.05. The summed E-state index contributed by atoms with van der Waals surface area (Å²) in [7, 11) is 0. The number of rotatable bonds is 3. The van der Waals surface area contributed by atoms with Crippen molar-refractivity contribution in [1.82, 2.24) is 15.5 Å². The highest BCUT2D eigenvalue weighted by Gasteiger charge is 2.39. The average Bonchev–Trinajstić information content (AvgIpc) is 2.96. The van der Waals surface area contributed by atoms with Gasteiger partial charge in [-0.3, -0.25) is 9.89 Å². The number of carbonyl (C=O) groups is 1. The van der Waals surface area contributed by atoms with Gasteiger partial charge in [0.25, 0.3) is 5.91 Å². The van der Waals surface area contributed by atoms with Crippen LogP contribution in [0.15, 0.2) is 0 Å². The average molecular weight is 222 g/mol. The molecule has 0 bridgehead atoms. The summed E-state index contributed by atoms with van der Waals surface area (Å²) >= 11 is 0. The highest BCUT2D eigenvalue weighted by molar-refractivity contribution is 5.98. The fraction of sp³-hybridized carbons (Fsp3) is 0.636. The molecule has 1 aromatic rings. The van der Waals surface area contributed by atoms with Crippen LogP contribution in [0.3, 0.4) is 0 Å². The predicted molar refractivity (Wildman–Crippen MR) is 62.0 cm³/mol. The Morgan fingerprint density at radius 1 is 1.56 bits per heavy atom. The first kappa shape index (κ1) is 11.0. The van der Waals surface area contributed by atoms with Crippen LogP contribution in [0.25, 0.3) is 0 Å². The number of nitrogens with one attached hydrogen (secondary N) is 2. The van der Waals surface area contributed by atoms with E-state index in [-0.39, 0.29) is 11.4 Å². The molecule has 4 N–H and O–H groups in total. The maximum absolute atomic E-state index is 12.0. The molecule has 2 rings (SSSR count). The number of nitrogens with zero attached hydrogens (tertiary/aromatic N) is 1. The van der Waals surface area contributed by atoms with Crippen molar-refractivity contribution in [3.05, 3.63) is 11.4 Å². The van der Waals surface area contributed by atoms with Crippen LogP contribution >= 0.6 is 0 Å². The van der Waals surface area contributed by atoms with Crippen LogP contribution in [0.4, 0.5) is 5.69 Å². The van der Waals surface area contributed by atoms with Gasteiger partial charge in [0.2, 0.25) is 0 Å². The first-order chi connectivity index (χ1) is 7.42. The van der Waals surface area contributed by atoms with Crippen molar-refractivity contribution in [2.75, 3.05) is 5.73 Å². The van der Waals surface area contributed by atoms with Gasteiger partial charge >= 0.3 is 0 Å². The van der Waals surface area contributed by atoms with Gasteiger partial charge < -0.3 is 11.1 Å². The molecule has 1 saturated carbocycles. The lowest BCUT2D eigenvalue weighted by molar-refractivity contribution is 0.0899. The molecule has 5 nitrogen and oxygen atoms in total. The van der Waals surface area contributed by atoms with Crippen LogP contribution in [0, 0.1) is 12.8 Å². The van der Waals surface area contributed by atoms with Crippen molar-refractivity contribution in [1.29, 1.82) is 0 Å². The Labute approximate surface area is 94.8 Å². The standard InChI is InChI=1S/C11H18N4O/c1-6-8(12)9(15-14-6)10(16)13-11(2,3)7-4-5-7/h7H,4-5,12H2,1-3H3,(H,13,16)(H,14,15). The number of carbonyl (C=O) groups excluding carboxylic acids is 1. The van der Waals surface area contributed by atoms with Crippen LogP contribution in [0.5, 0.6) is 0 Å². The Hall–Kier alpha value is -1.52. The van der Waals surface area contributed by atoms with E-state index in [1.54, 1.807) is 6.92 Å². The maximum atomic E-state index is 12.0. The van der Waals surface area contributed by atoms with Crippen molar-refractivity contribution < 1.29 is 4.79 Å². The third-order valence-corrected chi connectivity index (χ3v) is 3.24. The summed E-state index contributed by atoms with van der Waals surface area (Å²) in [6, 6.07) is 0. The highest BCUT2D eigenvalue weighted by Crippen LogP contribution is 2.39. The largest absolute Gasteiger partial charge is 0.395 e. The van der Waals surface area contributed by atoms with Crippen LogP contribution in [-0.2, 0) is 0 Å². The van der Waals surface area contributed by atoms with Crippen LogP contribution in [-0.4, -0.2) is 21.6 Å². The molecule has 0 aromatic carbocycles. The van der Waals surface area contributed by atoms with E-state index in [1.165, 1.54) is 12.8 Å². The quantitative estimate of drug-likeness (QED) is 0.719. The Morgan fingerprint density at radius 2 is 2.19 bits per heavy atom. The molecule has 1 aliphatic rings. The lowest BCUT2D eigenvalue weighted by atomic mass is 9.98. The lowest BCUT2D eigenvalue weighted by Gasteiger charge is -2.25. The number of nitrogen functional groups attached to an aromatic ring is 1. The summed E-state index contributed by atoms with van der Waals surface area (Å²) in [5.74, 6) is 0.386. The minimum absolute atomic E-state index is 0.170. The Morgan fingerprint density at radius 3 is 2.62 bits per heavy atom. The molecule has 0 saturated heterocycles. The zero-order valence-corrected chi connectivity index (χ0v) is 9.92. The molecule has 1 aliphatic carbocycles. The smallest absolute Gasteiger partial charge is 0.274 e. The number of H-pyrrole nitrogens is 1. The van der Waals surface area contributed by atoms with Crippen molar-refractivity contribution in [3.63, 3.8) is 0 Å². The van der Waals surface area contributed by atoms with E-state index >= 15 is 0 Å². The van der Waals surface area contributed by atoms with Gasteiger partial charge in [0.05, 0.1) is 11.4 Å². The highest BCUT2D eigenvalue weighted by atomic mass is 16.2. The van der Waals surface area contributed by atoms with E-state index in [0.29, 0.717) is 17.3 Å². The minimum Gasteiger partial charge on any atom is -0.395 e. The Bertz CT molecular complexity index is 418. The molecule has 0 aliphatic heterocycles. The van der Waals surface area contributed by atoms with E-state index in [4.69, 9.17) is 5.73 Å². The molecular formula is C11H18N4O. The monoisotopic (exact) mass is 222 g/mol. The molecule has 88 valence electrons. The van der Waals surface area contributed by atoms with E-state index in [9.17, 15) is 4.79 Å². The normalized spacial score (nSPS) is 16.2. The summed E-state index contributed by atoms with van der Waals surface area (Å²) in [5, 5.41) is 9.62. The molecular weight excluding hydrogens is 204 g/mol. The van der Waals surface area contributed by atoms with Crippen molar-refractivity contribution in [3.8, 4) is 0 Å². The topological polar surface area (TPSA) is 83.8 Å². The third-order valence-electron chi connectivity index (χ3n) is 3.24. The minimum atomic E-state index is -0.196. The van der Waals surface area contributed by atoms with Gasteiger partial charge in [-0.05, 0) is 39.5 Å². The number of aryl methyl sites for hydroxylation is 1. The van der Waals surface area contributed by atoms with Gasteiger partial charge in [-0.1, -0.05) is 0 Å². The van der Waals surface area contributed by atoms with Gasteiger partial charge in [0.15, 0.2) is 5.69 Å². The molecule has 16 heavy (non-hydrogen) atoms. The van der Waals surface area contributed by atoms with Crippen molar-refractivity contribution in [2.24, 2.45) is 5.92 Å². The van der Waals surface area contributed by atoms with Crippen LogP contribution in [0.1, 0.15) is 42.9 Å². The van der Waals surface area contributed by atoms with Gasteiger partial charge in [-0.25, -0.2) is 0 Å². The second-order valence-electron chi connectivity index (χ2n) is 5.06. The lowest BCUT2D eigenvalue weighted by Crippen LogP contribution is -2.45. The number of aromatic amines is 1. The van der Waals surface area contributed by atoms with Gasteiger partial charge in [0.1, 0.15) is 0 Å². The fourth-order valence-corrected chi connectivity index (χ4v) is 1.87. The number of anilines is 1. The first-order valence-corrected chi connectivity index (χ1v) is 5.55. The number of aromatic nitrogens is 2. The predicted octanol–water partition coefficient (Wildman–Crippen LogP) is 1.22. The fourth-order valence-electron chi connectivity index (χ4n) is 1.87. The number of hydrogen-bond acceptors (Lipinski definition) is 3. The van der Waals surface area contributed by atoms with Crippen LogP contribution in [0.2, 0.25) is 0 Å². The number of nitrogens with two attached hydrogens (primary N) is 1.